The summed E-state index contributed by atoms with van der Waals surface area (Å²) >= 11 is 0. The predicted octanol–water partition coefficient (Wildman–Crippen LogP) is 3.33. The lowest BCUT2D eigenvalue weighted by Crippen LogP contribution is -2.50. The fraction of sp³-hybridized carbons (Fsp3) is 0.944. The van der Waals surface area contributed by atoms with Gasteiger partial charge in [0.15, 0.2) is 5.79 Å². The first-order valence-electron chi connectivity index (χ1n) is 9.56. The Bertz CT molecular complexity index is 386. The van der Waals surface area contributed by atoms with Gasteiger partial charge in [-0.3, -0.25) is 0 Å². The van der Waals surface area contributed by atoms with E-state index in [-0.39, 0.29) is 17.9 Å². The molecule has 3 fully saturated rings. The van der Waals surface area contributed by atoms with Gasteiger partial charge in [0.25, 0.3) is 0 Å². The highest BCUT2D eigenvalue weighted by molar-refractivity contribution is 5.74. The van der Waals surface area contributed by atoms with E-state index in [1.165, 1.54) is 32.1 Å². The molecule has 0 unspecified atom stereocenters. The molecule has 5 heteroatoms. The third-order valence-electron chi connectivity index (χ3n) is 5.80. The van der Waals surface area contributed by atoms with Crippen LogP contribution in [0.2, 0.25) is 0 Å². The normalized spacial score (nSPS) is 30.7. The molecule has 0 radical (unpaired) electrons. The number of ether oxygens (including phenoxy) is 2. The molecule has 5 nitrogen and oxygen atoms in total. The molecule has 1 heterocycles. The van der Waals surface area contributed by atoms with E-state index in [0.29, 0.717) is 25.2 Å². The lowest BCUT2D eigenvalue weighted by atomic mass is 9.90. The minimum absolute atomic E-state index is 0.0209. The van der Waals surface area contributed by atoms with Gasteiger partial charge in [0, 0.05) is 24.9 Å². The molecule has 0 bridgehead atoms. The molecule has 0 aromatic rings. The fourth-order valence-electron chi connectivity index (χ4n) is 4.42. The van der Waals surface area contributed by atoms with E-state index in [1.807, 2.05) is 0 Å². The first-order valence-corrected chi connectivity index (χ1v) is 9.56. The molecule has 0 aromatic carbocycles. The second kappa shape index (κ2) is 7.84. The molecule has 3 aliphatic rings. The third-order valence-corrected chi connectivity index (χ3v) is 5.80. The van der Waals surface area contributed by atoms with Gasteiger partial charge >= 0.3 is 6.03 Å². The van der Waals surface area contributed by atoms with Gasteiger partial charge in [-0.1, -0.05) is 26.2 Å². The molecule has 3 rings (SSSR count). The van der Waals surface area contributed by atoms with E-state index in [4.69, 9.17) is 9.47 Å². The average molecular weight is 324 g/mol. The Balaban J connectivity index is 1.39. The Morgan fingerprint density at radius 3 is 2.52 bits per heavy atom. The number of rotatable bonds is 5. The summed E-state index contributed by atoms with van der Waals surface area (Å²) in [6.07, 6.45) is 11.1. The monoisotopic (exact) mass is 324 g/mol. The zero-order valence-corrected chi connectivity index (χ0v) is 14.4. The summed E-state index contributed by atoms with van der Waals surface area (Å²) in [6.45, 7) is 3.65. The van der Waals surface area contributed by atoms with Crippen molar-refractivity contribution in [1.29, 1.82) is 0 Å². The number of hydrogen-bond acceptors (Lipinski definition) is 3. The van der Waals surface area contributed by atoms with Crippen LogP contribution in [-0.4, -0.2) is 37.1 Å². The topological polar surface area (TPSA) is 59.6 Å². The van der Waals surface area contributed by atoms with Crippen molar-refractivity contribution in [3.63, 3.8) is 0 Å². The van der Waals surface area contributed by atoms with Crippen LogP contribution < -0.4 is 10.6 Å². The SMILES string of the molecule is CCCC[C@@H]1CCC[C@@H]1NC(=O)NC1CCC2(CC1)OCCO2. The van der Waals surface area contributed by atoms with E-state index < -0.39 is 0 Å². The van der Waals surface area contributed by atoms with Crippen molar-refractivity contribution in [2.75, 3.05) is 13.2 Å². The second-order valence-electron chi connectivity index (χ2n) is 7.44. The maximum atomic E-state index is 12.3. The Morgan fingerprint density at radius 1 is 1.09 bits per heavy atom. The van der Waals surface area contributed by atoms with Crippen molar-refractivity contribution in [3.05, 3.63) is 0 Å². The highest BCUT2D eigenvalue weighted by atomic mass is 16.7. The van der Waals surface area contributed by atoms with Gasteiger partial charge in [-0.05, 0) is 38.0 Å². The van der Waals surface area contributed by atoms with Crippen molar-refractivity contribution < 1.29 is 14.3 Å². The molecule has 1 aliphatic heterocycles. The minimum Gasteiger partial charge on any atom is -0.348 e. The maximum Gasteiger partial charge on any atom is 0.315 e. The molecule has 2 atom stereocenters. The van der Waals surface area contributed by atoms with Gasteiger partial charge < -0.3 is 20.1 Å². The van der Waals surface area contributed by atoms with Crippen molar-refractivity contribution in [2.24, 2.45) is 5.92 Å². The number of carbonyl (C=O) groups excluding carboxylic acids is 1. The molecular weight excluding hydrogens is 292 g/mol. The highest BCUT2D eigenvalue weighted by Crippen LogP contribution is 2.35. The molecule has 2 saturated carbocycles. The highest BCUT2D eigenvalue weighted by Gasteiger charge is 2.40. The molecule has 0 aromatic heterocycles. The molecular formula is C18H32N2O3. The van der Waals surface area contributed by atoms with E-state index in [1.54, 1.807) is 0 Å². The van der Waals surface area contributed by atoms with Gasteiger partial charge in [0.05, 0.1) is 13.2 Å². The quantitative estimate of drug-likeness (QED) is 0.815. The first kappa shape index (κ1) is 17.0. The number of carbonyl (C=O) groups is 1. The number of hydrogen-bond donors (Lipinski definition) is 2. The molecule has 1 spiro atoms. The van der Waals surface area contributed by atoms with Crippen LogP contribution in [-0.2, 0) is 9.47 Å². The summed E-state index contributed by atoms with van der Waals surface area (Å²) in [5.74, 6) is 0.335. The predicted molar refractivity (Wildman–Crippen MR) is 89.2 cm³/mol. The van der Waals surface area contributed by atoms with Crippen molar-refractivity contribution >= 4 is 6.03 Å². The number of unbranched alkanes of at least 4 members (excludes halogenated alkanes) is 1. The Morgan fingerprint density at radius 2 is 1.83 bits per heavy atom. The summed E-state index contributed by atoms with van der Waals surface area (Å²) in [5.41, 5.74) is 0. The lowest BCUT2D eigenvalue weighted by molar-refractivity contribution is -0.179. The van der Waals surface area contributed by atoms with Crippen molar-refractivity contribution in [1.82, 2.24) is 10.6 Å². The standard InChI is InChI=1S/C18H32N2O3/c1-2-3-5-14-6-4-7-16(14)20-17(21)19-15-8-10-18(11-9-15)22-12-13-23-18/h14-16H,2-13H2,1H3,(H2,19,20,21)/t14-,16+/m1/s1. The van der Waals surface area contributed by atoms with E-state index in [2.05, 4.69) is 17.6 Å². The fourth-order valence-corrected chi connectivity index (χ4v) is 4.42. The lowest BCUT2D eigenvalue weighted by Gasteiger charge is -2.35. The zero-order chi connectivity index (χ0) is 16.1. The Kier molecular flexibility index (Phi) is 5.81. The van der Waals surface area contributed by atoms with Gasteiger partial charge in [0.1, 0.15) is 0 Å². The summed E-state index contributed by atoms with van der Waals surface area (Å²) in [4.78, 5) is 12.3. The molecule has 1 saturated heterocycles. The van der Waals surface area contributed by atoms with Crippen LogP contribution in [0.15, 0.2) is 0 Å². The number of urea groups is 1. The first-order chi connectivity index (χ1) is 11.2. The summed E-state index contributed by atoms with van der Waals surface area (Å²) < 4.78 is 11.5. The second-order valence-corrected chi connectivity index (χ2v) is 7.44. The molecule has 132 valence electrons. The number of amides is 2. The summed E-state index contributed by atoms with van der Waals surface area (Å²) in [5, 5.41) is 6.40. The third kappa shape index (κ3) is 4.38. The van der Waals surface area contributed by atoms with Crippen LogP contribution in [0, 0.1) is 5.92 Å². The average Bonchev–Trinajstić information content (AvgIpc) is 3.18. The van der Waals surface area contributed by atoms with Gasteiger partial charge in [-0.15, -0.1) is 0 Å². The molecule has 23 heavy (non-hydrogen) atoms. The smallest absolute Gasteiger partial charge is 0.315 e. The van der Waals surface area contributed by atoms with Gasteiger partial charge in [-0.25, -0.2) is 4.79 Å². The largest absolute Gasteiger partial charge is 0.348 e. The zero-order valence-electron chi connectivity index (χ0n) is 14.4. The van der Waals surface area contributed by atoms with Crippen LogP contribution in [0.25, 0.3) is 0 Å². The van der Waals surface area contributed by atoms with Crippen LogP contribution in [0.1, 0.15) is 71.1 Å². The number of nitrogens with one attached hydrogen (secondary N) is 2. The van der Waals surface area contributed by atoms with Crippen LogP contribution in [0.5, 0.6) is 0 Å². The Labute approximate surface area is 139 Å². The van der Waals surface area contributed by atoms with Crippen molar-refractivity contribution in [3.8, 4) is 0 Å². The molecule has 2 amide bonds. The van der Waals surface area contributed by atoms with Crippen LogP contribution in [0.3, 0.4) is 0 Å². The van der Waals surface area contributed by atoms with E-state index in [9.17, 15) is 4.79 Å². The van der Waals surface area contributed by atoms with E-state index in [0.717, 1.165) is 32.1 Å². The van der Waals surface area contributed by atoms with Gasteiger partial charge in [0.2, 0.25) is 0 Å². The minimum atomic E-state index is -0.342. The van der Waals surface area contributed by atoms with Crippen LogP contribution in [0.4, 0.5) is 4.79 Å². The molecule has 2 aliphatic carbocycles. The van der Waals surface area contributed by atoms with Crippen LogP contribution >= 0.6 is 0 Å². The van der Waals surface area contributed by atoms with Crippen molar-refractivity contribution in [2.45, 2.75) is 89.0 Å². The summed E-state index contributed by atoms with van der Waals surface area (Å²) in [6, 6.07) is 0.648. The molecule has 2 N–H and O–H groups in total. The van der Waals surface area contributed by atoms with E-state index >= 15 is 0 Å². The Hall–Kier alpha value is -0.810. The van der Waals surface area contributed by atoms with Gasteiger partial charge in [-0.2, -0.15) is 0 Å². The summed E-state index contributed by atoms with van der Waals surface area (Å²) in [7, 11) is 0. The maximum absolute atomic E-state index is 12.3.